The monoisotopic (exact) mass is 507 g/mol. The number of halogens is 1. The number of nitrogens with zero attached hydrogens (tertiary/aromatic N) is 2. The number of non-ortho nitro benzene ring substituents is 1. The molecule has 154 valence electrons. The Labute approximate surface area is 185 Å². The molecule has 0 aliphatic heterocycles. The lowest BCUT2D eigenvalue weighted by atomic mass is 10.0. The van der Waals surface area contributed by atoms with E-state index in [9.17, 15) is 14.9 Å². The summed E-state index contributed by atoms with van der Waals surface area (Å²) >= 11 is 2.08. The van der Waals surface area contributed by atoms with E-state index in [2.05, 4.69) is 48.3 Å². The van der Waals surface area contributed by atoms with E-state index in [0.29, 0.717) is 25.4 Å². The molecule has 1 unspecified atom stereocenters. The molecule has 0 spiro atoms. The number of benzene rings is 2. The van der Waals surface area contributed by atoms with E-state index in [1.165, 1.54) is 12.1 Å². The molecule has 0 heterocycles. The Balaban J connectivity index is 2.31. The van der Waals surface area contributed by atoms with Crippen LogP contribution in [0.5, 0.6) is 0 Å². The van der Waals surface area contributed by atoms with Gasteiger partial charge >= 0.3 is 0 Å². The minimum Gasteiger partial charge on any atom is -0.355 e. The maximum atomic E-state index is 13.1. The SMILES string of the molecule is C=CCN(c1ccc([N+](=O)[O-])cc1I)C(CC(C)C)C(=O)NCc1ccccc1. The minimum atomic E-state index is -0.415. The fourth-order valence-corrected chi connectivity index (χ4v) is 3.91. The van der Waals surface area contributed by atoms with E-state index >= 15 is 0 Å². The molecule has 7 heteroatoms. The third-order valence-corrected chi connectivity index (χ3v) is 5.32. The van der Waals surface area contributed by atoms with Crippen LogP contribution in [-0.2, 0) is 11.3 Å². The van der Waals surface area contributed by atoms with Gasteiger partial charge in [0.05, 0.1) is 10.6 Å². The number of hydrogen-bond donors (Lipinski definition) is 1. The molecule has 29 heavy (non-hydrogen) atoms. The van der Waals surface area contributed by atoms with Crippen molar-refractivity contribution in [1.29, 1.82) is 0 Å². The van der Waals surface area contributed by atoms with Gasteiger partial charge in [0.25, 0.3) is 5.69 Å². The maximum Gasteiger partial charge on any atom is 0.270 e. The van der Waals surface area contributed by atoms with Gasteiger partial charge in [0.1, 0.15) is 6.04 Å². The average Bonchev–Trinajstić information content (AvgIpc) is 2.69. The summed E-state index contributed by atoms with van der Waals surface area (Å²) in [7, 11) is 0. The van der Waals surface area contributed by atoms with Gasteiger partial charge in [-0.05, 0) is 46.6 Å². The summed E-state index contributed by atoms with van der Waals surface area (Å²) in [5.74, 6) is 0.226. The second-order valence-electron chi connectivity index (χ2n) is 7.18. The molecule has 2 aromatic carbocycles. The molecule has 1 amide bonds. The van der Waals surface area contributed by atoms with Gasteiger partial charge in [0.15, 0.2) is 0 Å². The lowest BCUT2D eigenvalue weighted by Gasteiger charge is -2.33. The molecular weight excluding hydrogens is 481 g/mol. The van der Waals surface area contributed by atoms with Crippen LogP contribution in [0.4, 0.5) is 11.4 Å². The van der Waals surface area contributed by atoms with Crippen molar-refractivity contribution >= 4 is 39.9 Å². The Morgan fingerprint density at radius 2 is 1.97 bits per heavy atom. The molecule has 1 N–H and O–H groups in total. The molecule has 0 aliphatic carbocycles. The number of carbonyl (C=O) groups is 1. The van der Waals surface area contributed by atoms with E-state index in [0.717, 1.165) is 14.8 Å². The van der Waals surface area contributed by atoms with Crippen LogP contribution in [0.3, 0.4) is 0 Å². The topological polar surface area (TPSA) is 75.5 Å². The molecular formula is C22H26IN3O3. The number of rotatable bonds is 10. The number of anilines is 1. The summed E-state index contributed by atoms with van der Waals surface area (Å²) in [5, 5.41) is 14.1. The number of amides is 1. The van der Waals surface area contributed by atoms with Crippen LogP contribution in [0.25, 0.3) is 0 Å². The van der Waals surface area contributed by atoms with Crippen LogP contribution >= 0.6 is 22.6 Å². The van der Waals surface area contributed by atoms with Crippen LogP contribution in [0, 0.1) is 19.6 Å². The summed E-state index contributed by atoms with van der Waals surface area (Å²) in [6.07, 6.45) is 2.40. The van der Waals surface area contributed by atoms with Crippen LogP contribution in [0.15, 0.2) is 61.2 Å². The highest BCUT2D eigenvalue weighted by atomic mass is 127. The zero-order valence-corrected chi connectivity index (χ0v) is 18.8. The first-order valence-corrected chi connectivity index (χ1v) is 10.5. The predicted molar refractivity (Wildman–Crippen MR) is 125 cm³/mol. The second kappa shape index (κ2) is 10.9. The molecule has 0 radical (unpaired) electrons. The minimum absolute atomic E-state index is 0.0330. The molecule has 0 saturated heterocycles. The largest absolute Gasteiger partial charge is 0.355 e. The van der Waals surface area contributed by atoms with Gasteiger partial charge in [-0.1, -0.05) is 50.3 Å². The van der Waals surface area contributed by atoms with Crippen molar-refractivity contribution in [3.8, 4) is 0 Å². The van der Waals surface area contributed by atoms with Gasteiger partial charge in [-0.15, -0.1) is 6.58 Å². The number of nitro groups is 1. The molecule has 0 fully saturated rings. The van der Waals surface area contributed by atoms with E-state index in [1.54, 1.807) is 12.1 Å². The van der Waals surface area contributed by atoms with Crippen molar-refractivity contribution in [1.82, 2.24) is 5.32 Å². The first-order chi connectivity index (χ1) is 13.8. The third-order valence-electron chi connectivity index (χ3n) is 4.46. The molecule has 6 nitrogen and oxygen atoms in total. The van der Waals surface area contributed by atoms with Crippen LogP contribution in [0.2, 0.25) is 0 Å². The lowest BCUT2D eigenvalue weighted by Crippen LogP contribution is -2.48. The van der Waals surface area contributed by atoms with E-state index in [-0.39, 0.29) is 11.6 Å². The molecule has 1 atom stereocenters. The molecule has 0 aromatic heterocycles. The Morgan fingerprint density at radius 3 is 2.52 bits per heavy atom. The molecule has 0 aliphatic rings. The summed E-state index contributed by atoms with van der Waals surface area (Å²) < 4.78 is 0.725. The Morgan fingerprint density at radius 1 is 1.28 bits per heavy atom. The predicted octanol–water partition coefficient (Wildman–Crippen LogP) is 4.92. The van der Waals surface area contributed by atoms with Gasteiger partial charge in [-0.2, -0.15) is 0 Å². The van der Waals surface area contributed by atoms with Crippen molar-refractivity contribution in [3.63, 3.8) is 0 Å². The number of nitrogens with one attached hydrogen (secondary N) is 1. The molecule has 2 rings (SSSR count). The quantitative estimate of drug-likeness (QED) is 0.214. The van der Waals surface area contributed by atoms with Crippen LogP contribution in [-0.4, -0.2) is 23.4 Å². The van der Waals surface area contributed by atoms with Crippen molar-refractivity contribution in [2.24, 2.45) is 5.92 Å². The van der Waals surface area contributed by atoms with Gasteiger partial charge in [0, 0.05) is 28.8 Å². The average molecular weight is 507 g/mol. The van der Waals surface area contributed by atoms with Gasteiger partial charge in [-0.25, -0.2) is 0 Å². The summed E-state index contributed by atoms with van der Waals surface area (Å²) in [5.41, 5.74) is 1.85. The number of carbonyl (C=O) groups excluding carboxylic acids is 1. The first kappa shape index (κ1) is 22.9. The molecule has 0 saturated carbocycles. The zero-order valence-electron chi connectivity index (χ0n) is 16.7. The van der Waals surface area contributed by atoms with Crippen LogP contribution < -0.4 is 10.2 Å². The van der Waals surface area contributed by atoms with Gasteiger partial charge in [-0.3, -0.25) is 14.9 Å². The molecule has 0 bridgehead atoms. The smallest absolute Gasteiger partial charge is 0.270 e. The van der Waals surface area contributed by atoms with Crippen LogP contribution in [0.1, 0.15) is 25.8 Å². The number of hydrogen-bond acceptors (Lipinski definition) is 4. The van der Waals surface area contributed by atoms with E-state index < -0.39 is 11.0 Å². The summed E-state index contributed by atoms with van der Waals surface area (Å²) in [4.78, 5) is 25.8. The van der Waals surface area contributed by atoms with Gasteiger partial charge in [0.2, 0.25) is 5.91 Å². The standard InChI is InChI=1S/C22H26IN3O3/c1-4-12-25(20-11-10-18(26(28)29)14-19(20)23)21(13-16(2)3)22(27)24-15-17-8-6-5-7-9-17/h4-11,14,16,21H,1,12-13,15H2,2-3H3,(H,24,27). The van der Waals surface area contributed by atoms with E-state index in [1.807, 2.05) is 35.2 Å². The highest BCUT2D eigenvalue weighted by molar-refractivity contribution is 14.1. The highest BCUT2D eigenvalue weighted by Crippen LogP contribution is 2.30. The summed E-state index contributed by atoms with van der Waals surface area (Å²) in [6, 6.07) is 14.1. The van der Waals surface area contributed by atoms with Crippen molar-refractivity contribution in [3.05, 3.63) is 80.4 Å². The third kappa shape index (κ3) is 6.56. The van der Waals surface area contributed by atoms with E-state index in [4.69, 9.17) is 0 Å². The highest BCUT2D eigenvalue weighted by Gasteiger charge is 2.28. The maximum absolute atomic E-state index is 13.1. The lowest BCUT2D eigenvalue weighted by molar-refractivity contribution is -0.384. The second-order valence-corrected chi connectivity index (χ2v) is 8.34. The Hall–Kier alpha value is -2.42. The zero-order chi connectivity index (χ0) is 21.4. The Bertz CT molecular complexity index is 856. The molecule has 2 aromatic rings. The number of nitro benzene ring substituents is 1. The first-order valence-electron chi connectivity index (χ1n) is 9.46. The summed E-state index contributed by atoms with van der Waals surface area (Å²) in [6.45, 7) is 8.89. The fourth-order valence-electron chi connectivity index (χ4n) is 3.10. The van der Waals surface area contributed by atoms with Gasteiger partial charge < -0.3 is 10.2 Å². The van der Waals surface area contributed by atoms with Crippen molar-refractivity contribution < 1.29 is 9.72 Å². The Kier molecular flexibility index (Phi) is 8.63. The fraction of sp³-hybridized carbons (Fsp3) is 0.318. The normalized spacial score (nSPS) is 11.7. The van der Waals surface area contributed by atoms with Crippen molar-refractivity contribution in [2.75, 3.05) is 11.4 Å². The van der Waals surface area contributed by atoms with Crippen molar-refractivity contribution in [2.45, 2.75) is 32.9 Å².